The van der Waals surface area contributed by atoms with E-state index in [1.54, 1.807) is 17.5 Å². The molecule has 0 aliphatic carbocycles. The fourth-order valence-electron chi connectivity index (χ4n) is 2.13. The molecule has 0 unspecified atom stereocenters. The monoisotopic (exact) mass is 309 g/mol. The van der Waals surface area contributed by atoms with Gasteiger partial charge in [0.15, 0.2) is 10.4 Å². The van der Waals surface area contributed by atoms with Crippen LogP contribution in [0.1, 0.15) is 17.4 Å². The maximum absolute atomic E-state index is 5.95. The molecule has 3 rings (SSSR count). The van der Waals surface area contributed by atoms with Crippen molar-refractivity contribution in [3.05, 3.63) is 43.9 Å². The summed E-state index contributed by atoms with van der Waals surface area (Å²) in [6.07, 6.45) is 2.69. The minimum atomic E-state index is 0.612. The fraction of sp³-hybridized carbons (Fsp3) is 0.231. The third kappa shape index (κ3) is 2.33. The van der Waals surface area contributed by atoms with Crippen LogP contribution in [0, 0.1) is 4.77 Å². The van der Waals surface area contributed by atoms with Gasteiger partial charge >= 0.3 is 0 Å². The lowest BCUT2D eigenvalue weighted by molar-refractivity contribution is 0.804. The van der Waals surface area contributed by atoms with Crippen molar-refractivity contribution in [1.82, 2.24) is 14.5 Å². The van der Waals surface area contributed by atoms with Crippen LogP contribution in [0.3, 0.4) is 0 Å². The molecular weight excluding hydrogens is 298 g/mol. The number of rotatable bonds is 3. The molecule has 0 saturated heterocycles. The van der Waals surface area contributed by atoms with Gasteiger partial charge in [0.25, 0.3) is 0 Å². The molecule has 0 aliphatic heterocycles. The van der Waals surface area contributed by atoms with E-state index in [2.05, 4.69) is 28.3 Å². The van der Waals surface area contributed by atoms with Gasteiger partial charge in [-0.25, -0.2) is 4.98 Å². The molecule has 0 spiro atoms. The lowest BCUT2D eigenvalue weighted by Crippen LogP contribution is -2.01. The second-order valence-corrected chi connectivity index (χ2v) is 6.09. The molecule has 0 atom stereocenters. The van der Waals surface area contributed by atoms with Crippen molar-refractivity contribution in [1.29, 1.82) is 0 Å². The highest BCUT2D eigenvalue weighted by atomic mass is 35.5. The molecule has 0 saturated carbocycles. The quantitative estimate of drug-likeness (QED) is 0.727. The molecule has 3 aromatic heterocycles. The van der Waals surface area contributed by atoms with Gasteiger partial charge < -0.3 is 4.98 Å². The van der Waals surface area contributed by atoms with Crippen molar-refractivity contribution >= 4 is 46.3 Å². The number of pyridine rings is 1. The zero-order valence-corrected chi connectivity index (χ0v) is 12.7. The maximum atomic E-state index is 5.95. The molecule has 0 aliphatic rings. The minimum absolute atomic E-state index is 0.612. The number of hydrogen-bond acceptors (Lipinski definition) is 3. The number of aromatic amines is 1. The van der Waals surface area contributed by atoms with Crippen molar-refractivity contribution in [2.24, 2.45) is 0 Å². The molecule has 0 fully saturated rings. The zero-order chi connectivity index (χ0) is 13.4. The van der Waals surface area contributed by atoms with E-state index in [1.165, 1.54) is 10.4 Å². The number of nitrogens with zero attached hydrogens (tertiary/aromatic N) is 2. The van der Waals surface area contributed by atoms with Crippen molar-refractivity contribution in [2.75, 3.05) is 0 Å². The average Bonchev–Trinajstić information content (AvgIpc) is 2.95. The van der Waals surface area contributed by atoms with Gasteiger partial charge in [0.1, 0.15) is 0 Å². The first-order valence-corrected chi connectivity index (χ1v) is 7.65. The van der Waals surface area contributed by atoms with Crippen LogP contribution >= 0.6 is 35.2 Å². The Morgan fingerprint density at radius 1 is 1.53 bits per heavy atom. The lowest BCUT2D eigenvalue weighted by atomic mass is 10.2. The van der Waals surface area contributed by atoms with Crippen molar-refractivity contribution in [3.63, 3.8) is 0 Å². The third-order valence-electron chi connectivity index (χ3n) is 3.10. The number of aromatic nitrogens is 3. The first-order chi connectivity index (χ1) is 9.19. The number of aryl methyl sites for hydroxylation is 1. The van der Waals surface area contributed by atoms with Crippen LogP contribution < -0.4 is 0 Å². The van der Waals surface area contributed by atoms with Crippen LogP contribution in [0.4, 0.5) is 0 Å². The van der Waals surface area contributed by atoms with Crippen LogP contribution in [0.25, 0.3) is 11.2 Å². The normalized spacial score (nSPS) is 11.3. The van der Waals surface area contributed by atoms with E-state index in [-0.39, 0.29) is 0 Å². The molecule has 0 aromatic carbocycles. The highest BCUT2D eigenvalue weighted by molar-refractivity contribution is 7.71. The number of nitrogens with one attached hydrogen (secondary N) is 1. The molecule has 0 radical (unpaired) electrons. The summed E-state index contributed by atoms with van der Waals surface area (Å²) in [7, 11) is 0. The van der Waals surface area contributed by atoms with Gasteiger partial charge in [0.2, 0.25) is 0 Å². The van der Waals surface area contributed by atoms with Gasteiger partial charge in [-0.15, -0.1) is 11.3 Å². The minimum Gasteiger partial charge on any atom is -0.329 e. The van der Waals surface area contributed by atoms with Gasteiger partial charge in [-0.3, -0.25) is 4.57 Å². The van der Waals surface area contributed by atoms with E-state index < -0.39 is 0 Å². The Balaban J connectivity index is 2.10. The Bertz CT molecular complexity index is 785. The number of fused-ring (bicyclic) bond motifs is 1. The fourth-order valence-corrected chi connectivity index (χ4v) is 3.51. The highest BCUT2D eigenvalue weighted by Gasteiger charge is 2.09. The number of H-pyrrole nitrogens is 1. The van der Waals surface area contributed by atoms with Crippen molar-refractivity contribution < 1.29 is 0 Å². The lowest BCUT2D eigenvalue weighted by Gasteiger charge is -2.04. The second kappa shape index (κ2) is 5.07. The largest absolute Gasteiger partial charge is 0.329 e. The molecule has 6 heteroatoms. The van der Waals surface area contributed by atoms with E-state index in [4.69, 9.17) is 23.8 Å². The Kier molecular flexibility index (Phi) is 3.43. The molecule has 3 heterocycles. The van der Waals surface area contributed by atoms with E-state index in [9.17, 15) is 0 Å². The molecule has 0 amide bonds. The number of hydrogen-bond donors (Lipinski definition) is 1. The predicted molar refractivity (Wildman–Crippen MR) is 82.7 cm³/mol. The molecule has 1 N–H and O–H groups in total. The summed E-state index contributed by atoms with van der Waals surface area (Å²) in [5, 5.41) is 2.73. The van der Waals surface area contributed by atoms with Crippen molar-refractivity contribution in [2.45, 2.75) is 19.9 Å². The Morgan fingerprint density at radius 2 is 2.37 bits per heavy atom. The summed E-state index contributed by atoms with van der Waals surface area (Å²) in [5.74, 6) is 0. The van der Waals surface area contributed by atoms with Crippen LogP contribution in [-0.2, 0) is 13.0 Å². The SMILES string of the molecule is CCc1ccsc1Cn1c(=S)[nH]c2cc(Cl)cnc21. The summed E-state index contributed by atoms with van der Waals surface area (Å²) in [6, 6.07) is 4.02. The zero-order valence-electron chi connectivity index (χ0n) is 10.3. The number of imidazole rings is 1. The van der Waals surface area contributed by atoms with Crippen LogP contribution in [0.15, 0.2) is 23.7 Å². The molecule has 3 nitrogen and oxygen atoms in total. The van der Waals surface area contributed by atoms with Gasteiger partial charge in [-0.1, -0.05) is 18.5 Å². The summed E-state index contributed by atoms with van der Waals surface area (Å²) in [4.78, 5) is 8.86. The number of halogens is 1. The Labute approximate surface area is 124 Å². The predicted octanol–water partition coefficient (Wildman–Crippen LogP) is 4.42. The van der Waals surface area contributed by atoms with E-state index >= 15 is 0 Å². The van der Waals surface area contributed by atoms with Gasteiger partial charge in [0.05, 0.1) is 17.1 Å². The standard InChI is InChI=1S/C13H12ClN3S2/c1-2-8-3-4-19-11(8)7-17-12-10(16-13(17)18)5-9(14)6-15-12/h3-6H,2,7H2,1H3,(H,16,18). The van der Waals surface area contributed by atoms with Crippen molar-refractivity contribution in [3.8, 4) is 0 Å². The summed E-state index contributed by atoms with van der Waals surface area (Å²) in [6.45, 7) is 2.92. The third-order valence-corrected chi connectivity index (χ3v) is 4.57. The Morgan fingerprint density at radius 3 is 3.16 bits per heavy atom. The first-order valence-electron chi connectivity index (χ1n) is 5.98. The Hall–Kier alpha value is -1.17. The smallest absolute Gasteiger partial charge is 0.179 e. The highest BCUT2D eigenvalue weighted by Crippen LogP contribution is 2.22. The van der Waals surface area contributed by atoms with Gasteiger partial charge in [-0.05, 0) is 41.7 Å². The molecule has 3 aromatic rings. The topological polar surface area (TPSA) is 33.6 Å². The van der Waals surface area contributed by atoms with Crippen LogP contribution in [-0.4, -0.2) is 14.5 Å². The summed E-state index contributed by atoms with van der Waals surface area (Å²) >= 11 is 13.1. The molecule has 98 valence electrons. The van der Waals surface area contributed by atoms with E-state index in [0.29, 0.717) is 9.79 Å². The second-order valence-electron chi connectivity index (χ2n) is 4.26. The summed E-state index contributed by atoms with van der Waals surface area (Å²) < 4.78 is 2.70. The van der Waals surface area contributed by atoms with Crippen LogP contribution in [0.5, 0.6) is 0 Å². The van der Waals surface area contributed by atoms with E-state index in [0.717, 1.165) is 24.1 Å². The van der Waals surface area contributed by atoms with Gasteiger partial charge in [0, 0.05) is 11.1 Å². The molecule has 19 heavy (non-hydrogen) atoms. The summed E-state index contributed by atoms with van der Waals surface area (Å²) in [5.41, 5.74) is 3.10. The van der Waals surface area contributed by atoms with Gasteiger partial charge in [-0.2, -0.15) is 0 Å². The van der Waals surface area contributed by atoms with E-state index in [1.807, 2.05) is 10.6 Å². The van der Waals surface area contributed by atoms with Crippen LogP contribution in [0.2, 0.25) is 5.02 Å². The molecule has 0 bridgehead atoms. The maximum Gasteiger partial charge on any atom is 0.179 e. The average molecular weight is 310 g/mol. The molecular formula is C13H12ClN3S2. The number of thiophene rings is 1. The first kappa shape index (κ1) is 12.8.